The molecule has 0 aromatic rings. The fourth-order valence-electron chi connectivity index (χ4n) is 4.58. The zero-order valence-corrected chi connectivity index (χ0v) is 12.8. The molecule has 0 spiro atoms. The molecular formula is C17H24O4. The number of Topliss-reactive ketones (excluding diaryl/α,β-unsaturated/α-hetero) is 1. The van der Waals surface area contributed by atoms with Gasteiger partial charge in [0, 0.05) is 12.3 Å². The molecular weight excluding hydrogens is 268 g/mol. The maximum Gasteiger partial charge on any atom is 0.319 e. The van der Waals surface area contributed by atoms with Crippen LogP contribution in [0.25, 0.3) is 0 Å². The molecule has 21 heavy (non-hydrogen) atoms. The van der Waals surface area contributed by atoms with Crippen LogP contribution in [0.3, 0.4) is 0 Å². The molecule has 0 aromatic heterocycles. The second kappa shape index (κ2) is 4.94. The molecule has 0 radical (unpaired) electrons. The largest absolute Gasteiger partial charge is 0.457 e. The number of aliphatic hydroxyl groups is 1. The van der Waals surface area contributed by atoms with Crippen LogP contribution in [0.2, 0.25) is 0 Å². The maximum atomic E-state index is 12.4. The van der Waals surface area contributed by atoms with Crippen LogP contribution in [-0.2, 0) is 14.3 Å². The van der Waals surface area contributed by atoms with E-state index in [1.807, 2.05) is 19.9 Å². The summed E-state index contributed by atoms with van der Waals surface area (Å²) in [5.74, 6) is -0.617. The Kier molecular flexibility index (Phi) is 3.47. The van der Waals surface area contributed by atoms with Crippen molar-refractivity contribution in [1.29, 1.82) is 0 Å². The summed E-state index contributed by atoms with van der Waals surface area (Å²) in [6, 6.07) is 0. The molecule has 1 heterocycles. The topological polar surface area (TPSA) is 63.6 Å². The number of carbonyl (C=O) groups is 2. The summed E-state index contributed by atoms with van der Waals surface area (Å²) in [6.45, 7) is 3.87. The van der Waals surface area contributed by atoms with Gasteiger partial charge in [-0.05, 0) is 32.6 Å². The number of ether oxygens (including phenoxy) is 1. The van der Waals surface area contributed by atoms with Crippen LogP contribution in [0.5, 0.6) is 0 Å². The molecule has 1 aliphatic heterocycles. The first-order chi connectivity index (χ1) is 9.97. The lowest BCUT2D eigenvalue weighted by Gasteiger charge is -2.55. The number of esters is 1. The lowest BCUT2D eigenvalue weighted by molar-refractivity contribution is -0.263. The number of hydrogen-bond donors (Lipinski definition) is 1. The van der Waals surface area contributed by atoms with Crippen LogP contribution in [-0.4, -0.2) is 28.6 Å². The molecule has 3 rings (SSSR count). The van der Waals surface area contributed by atoms with Crippen molar-refractivity contribution < 1.29 is 19.4 Å². The highest BCUT2D eigenvalue weighted by molar-refractivity contribution is 6.00. The highest BCUT2D eigenvalue weighted by Gasteiger charge is 2.78. The predicted octanol–water partition coefficient (Wildman–Crippen LogP) is 2.39. The summed E-state index contributed by atoms with van der Waals surface area (Å²) >= 11 is 0. The van der Waals surface area contributed by atoms with Gasteiger partial charge < -0.3 is 9.84 Å². The Labute approximate surface area is 125 Å². The van der Waals surface area contributed by atoms with Gasteiger partial charge in [0.05, 0.1) is 12.0 Å². The van der Waals surface area contributed by atoms with Gasteiger partial charge in [-0.3, -0.25) is 9.59 Å². The molecule has 0 amide bonds. The van der Waals surface area contributed by atoms with E-state index in [9.17, 15) is 14.7 Å². The molecule has 0 unspecified atom stereocenters. The van der Waals surface area contributed by atoms with Gasteiger partial charge in [0.25, 0.3) is 0 Å². The molecule has 2 aliphatic carbocycles. The number of aliphatic hydroxyl groups excluding tert-OH is 1. The Hall–Kier alpha value is -1.16. The van der Waals surface area contributed by atoms with Gasteiger partial charge in [0.15, 0.2) is 0 Å². The van der Waals surface area contributed by atoms with Crippen molar-refractivity contribution in [1.82, 2.24) is 0 Å². The van der Waals surface area contributed by atoms with Crippen LogP contribution in [0.15, 0.2) is 12.2 Å². The molecule has 1 N–H and O–H groups in total. The smallest absolute Gasteiger partial charge is 0.319 e. The zero-order chi connectivity index (χ0) is 15.3. The number of carbonyl (C=O) groups excluding carboxylic acids is 2. The van der Waals surface area contributed by atoms with Crippen LogP contribution in [0.1, 0.15) is 52.4 Å². The quantitative estimate of drug-likeness (QED) is 0.638. The molecule has 4 heteroatoms. The molecule has 3 aliphatic rings. The lowest BCUT2D eigenvalue weighted by Crippen LogP contribution is -2.70. The Morgan fingerprint density at radius 1 is 1.48 bits per heavy atom. The molecule has 1 saturated heterocycles. The highest BCUT2D eigenvalue weighted by Crippen LogP contribution is 2.62. The summed E-state index contributed by atoms with van der Waals surface area (Å²) in [6.07, 6.45) is 7.90. The van der Waals surface area contributed by atoms with E-state index in [1.165, 1.54) is 0 Å². The van der Waals surface area contributed by atoms with Gasteiger partial charge in [-0.1, -0.05) is 25.5 Å². The van der Waals surface area contributed by atoms with Crippen molar-refractivity contribution >= 4 is 11.8 Å². The van der Waals surface area contributed by atoms with Crippen LogP contribution < -0.4 is 0 Å². The summed E-state index contributed by atoms with van der Waals surface area (Å²) in [5, 5.41) is 10.9. The number of hydrogen-bond acceptors (Lipinski definition) is 4. The first kappa shape index (κ1) is 14.8. The van der Waals surface area contributed by atoms with Crippen LogP contribution in [0, 0.1) is 17.3 Å². The fourth-order valence-corrected chi connectivity index (χ4v) is 4.58. The minimum absolute atomic E-state index is 0.0425. The van der Waals surface area contributed by atoms with E-state index < -0.39 is 17.1 Å². The third-order valence-corrected chi connectivity index (χ3v) is 5.84. The van der Waals surface area contributed by atoms with E-state index >= 15 is 0 Å². The predicted molar refractivity (Wildman–Crippen MR) is 77.4 cm³/mol. The van der Waals surface area contributed by atoms with E-state index in [1.54, 1.807) is 0 Å². The second-order valence-electron chi connectivity index (χ2n) is 6.92. The fraction of sp³-hybridized carbons (Fsp3) is 0.765. The van der Waals surface area contributed by atoms with E-state index in [-0.39, 0.29) is 30.0 Å². The van der Waals surface area contributed by atoms with Gasteiger partial charge >= 0.3 is 5.97 Å². The van der Waals surface area contributed by atoms with E-state index in [0.717, 1.165) is 32.1 Å². The van der Waals surface area contributed by atoms with Gasteiger partial charge in [-0.25, -0.2) is 0 Å². The lowest BCUT2D eigenvalue weighted by atomic mass is 9.60. The van der Waals surface area contributed by atoms with Crippen molar-refractivity contribution in [2.24, 2.45) is 17.3 Å². The number of allylic oxidation sites excluding steroid dienone is 1. The first-order valence-electron chi connectivity index (χ1n) is 8.08. The van der Waals surface area contributed by atoms with Crippen LogP contribution in [0.4, 0.5) is 0 Å². The SMILES string of the molecule is CCC[C@H]1C(=O)C[C@@]2([C@@H](O)[C@@H]3C=CCCC3)C(=O)O[C@@]12C. The monoisotopic (exact) mass is 292 g/mol. The van der Waals surface area contributed by atoms with Crippen molar-refractivity contribution in [3.8, 4) is 0 Å². The summed E-state index contributed by atoms with van der Waals surface area (Å²) in [4.78, 5) is 24.7. The van der Waals surface area contributed by atoms with Gasteiger partial charge in [0.2, 0.25) is 0 Å². The van der Waals surface area contributed by atoms with Crippen LogP contribution >= 0.6 is 0 Å². The van der Waals surface area contributed by atoms with Gasteiger partial charge in [-0.15, -0.1) is 0 Å². The van der Waals surface area contributed by atoms with Crippen molar-refractivity contribution in [3.05, 3.63) is 12.2 Å². The number of ketones is 1. The van der Waals surface area contributed by atoms with Crippen molar-refractivity contribution in [2.45, 2.75) is 64.1 Å². The average Bonchev–Trinajstić information content (AvgIpc) is 2.65. The number of rotatable bonds is 4. The standard InChI is InChI=1S/C17H24O4/c1-3-7-12-13(18)10-17(15(20)21-16(12,17)2)14(19)11-8-5-4-6-9-11/h5,8,11-12,14,19H,3-4,6-7,9-10H2,1-2H3/t11-,12+,14+,16+,17-/m1/s1. The Morgan fingerprint density at radius 3 is 2.81 bits per heavy atom. The van der Waals surface area contributed by atoms with E-state index in [2.05, 4.69) is 6.08 Å². The molecule has 5 atom stereocenters. The summed E-state index contributed by atoms with van der Waals surface area (Å²) < 4.78 is 5.46. The number of fused-ring (bicyclic) bond motifs is 1. The molecule has 116 valence electrons. The minimum atomic E-state index is -1.02. The molecule has 4 nitrogen and oxygen atoms in total. The van der Waals surface area contributed by atoms with Gasteiger partial charge in [0.1, 0.15) is 16.8 Å². The minimum Gasteiger partial charge on any atom is -0.457 e. The first-order valence-corrected chi connectivity index (χ1v) is 8.08. The van der Waals surface area contributed by atoms with Crippen molar-refractivity contribution in [3.63, 3.8) is 0 Å². The maximum absolute atomic E-state index is 12.4. The third-order valence-electron chi connectivity index (χ3n) is 5.84. The van der Waals surface area contributed by atoms with Gasteiger partial charge in [-0.2, -0.15) is 0 Å². The Morgan fingerprint density at radius 2 is 2.24 bits per heavy atom. The average molecular weight is 292 g/mol. The zero-order valence-electron chi connectivity index (χ0n) is 12.8. The molecule has 0 aromatic carbocycles. The molecule has 2 fully saturated rings. The highest BCUT2D eigenvalue weighted by atomic mass is 16.6. The molecule has 1 saturated carbocycles. The Balaban J connectivity index is 1.94. The van der Waals surface area contributed by atoms with E-state index in [0.29, 0.717) is 0 Å². The molecule has 0 bridgehead atoms. The second-order valence-corrected chi connectivity index (χ2v) is 6.92. The normalized spacial score (nSPS) is 43.2. The Bertz CT molecular complexity index is 497. The summed E-state index contributed by atoms with van der Waals surface area (Å²) in [7, 11) is 0. The van der Waals surface area contributed by atoms with Crippen molar-refractivity contribution in [2.75, 3.05) is 0 Å². The summed E-state index contributed by atoms with van der Waals surface area (Å²) in [5.41, 5.74) is -1.84. The third kappa shape index (κ3) is 1.78. The van der Waals surface area contributed by atoms with E-state index in [4.69, 9.17) is 4.74 Å².